The Morgan fingerprint density at radius 2 is 0.969 bits per heavy atom. The highest BCUT2D eigenvalue weighted by Gasteiger charge is 2.34. The van der Waals surface area contributed by atoms with Gasteiger partial charge in [-0.15, -0.1) is 0 Å². The Kier molecular flexibility index (Phi) is 5.05. The van der Waals surface area contributed by atoms with Crippen molar-refractivity contribution in [1.82, 2.24) is 9.80 Å². The van der Waals surface area contributed by atoms with Crippen LogP contribution in [0.1, 0.15) is 62.1 Å². The molecule has 10 nitrogen and oxygen atoms in total. The zero-order valence-corrected chi connectivity index (χ0v) is 17.0. The number of rotatable bonds is 5. The van der Waals surface area contributed by atoms with Gasteiger partial charge >= 0.3 is 11.9 Å². The Bertz CT molecular complexity index is 1140. The molecule has 0 atom stereocenters. The fourth-order valence-electron chi connectivity index (χ4n) is 3.41. The summed E-state index contributed by atoms with van der Waals surface area (Å²) in [5.41, 5.74) is 0.824. The lowest BCUT2D eigenvalue weighted by atomic mass is 10.1. The fraction of sp³-hybridized carbons (Fsp3) is 0.182. The quantitative estimate of drug-likeness (QED) is 0.388. The number of esters is 2. The summed E-state index contributed by atoms with van der Waals surface area (Å²) in [5.74, 6) is -3.39. The highest BCUT2D eigenvalue weighted by molar-refractivity contribution is 6.22. The average molecular weight is 436 g/mol. The Morgan fingerprint density at radius 3 is 1.34 bits per heavy atom. The van der Waals surface area contributed by atoms with E-state index >= 15 is 0 Å². The molecule has 4 amide bonds. The zero-order chi connectivity index (χ0) is 23.2. The van der Waals surface area contributed by atoms with Crippen LogP contribution in [0.25, 0.3) is 0 Å². The first-order valence-corrected chi connectivity index (χ1v) is 9.48. The summed E-state index contributed by atoms with van der Waals surface area (Å²) in [6.07, 6.45) is 0. The highest BCUT2D eigenvalue weighted by atomic mass is 16.6. The molecule has 0 aromatic heterocycles. The van der Waals surface area contributed by atoms with Gasteiger partial charge in [0.15, 0.2) is 0 Å². The number of nitrogens with zero attached hydrogens (tertiary/aromatic N) is 2. The maximum atomic E-state index is 12.2. The van der Waals surface area contributed by atoms with Gasteiger partial charge in [0.1, 0.15) is 13.2 Å². The maximum absolute atomic E-state index is 12.2. The Balaban J connectivity index is 1.33. The van der Waals surface area contributed by atoms with E-state index in [1.165, 1.54) is 50.5 Å². The van der Waals surface area contributed by atoms with Gasteiger partial charge in [-0.05, 0) is 36.4 Å². The number of imide groups is 2. The van der Waals surface area contributed by atoms with Crippen molar-refractivity contribution in [2.24, 2.45) is 0 Å². The van der Waals surface area contributed by atoms with Gasteiger partial charge in [0, 0.05) is 14.1 Å². The van der Waals surface area contributed by atoms with Crippen LogP contribution in [0, 0.1) is 0 Å². The first-order chi connectivity index (χ1) is 15.2. The number of carbonyl (C=O) groups excluding carboxylic acids is 6. The monoisotopic (exact) mass is 436 g/mol. The van der Waals surface area contributed by atoms with E-state index in [0.29, 0.717) is 0 Å². The van der Waals surface area contributed by atoms with E-state index in [2.05, 4.69) is 0 Å². The third kappa shape index (κ3) is 3.31. The highest BCUT2D eigenvalue weighted by Crippen LogP contribution is 2.24. The summed E-state index contributed by atoms with van der Waals surface area (Å²) >= 11 is 0. The summed E-state index contributed by atoms with van der Waals surface area (Å²) in [7, 11) is 2.70. The van der Waals surface area contributed by atoms with E-state index in [9.17, 15) is 28.8 Å². The average Bonchev–Trinajstić information content (AvgIpc) is 3.15. The van der Waals surface area contributed by atoms with Crippen LogP contribution in [0.2, 0.25) is 0 Å². The Labute approximate surface area is 181 Å². The number of carbonyl (C=O) groups is 6. The molecule has 0 unspecified atom stereocenters. The molecule has 0 saturated carbocycles. The standard InChI is InChI=1S/C22H16N2O8/c1-23-17(25)13-5-3-11(9-15(13)19(23)27)21(29)31-7-8-32-22(30)12-4-6-14-16(10-12)20(28)24(2)18(14)26/h3-6,9-10H,7-8H2,1-2H3. The molecule has 32 heavy (non-hydrogen) atoms. The predicted molar refractivity (Wildman–Crippen MR) is 106 cm³/mol. The lowest BCUT2D eigenvalue weighted by Crippen LogP contribution is -2.24. The third-order valence-corrected chi connectivity index (χ3v) is 5.20. The van der Waals surface area contributed by atoms with Crippen molar-refractivity contribution in [2.45, 2.75) is 0 Å². The topological polar surface area (TPSA) is 127 Å². The number of amides is 4. The van der Waals surface area contributed by atoms with E-state index in [0.717, 1.165) is 9.80 Å². The number of hydrogen-bond acceptors (Lipinski definition) is 8. The van der Waals surface area contributed by atoms with Crippen LogP contribution in [0.15, 0.2) is 36.4 Å². The van der Waals surface area contributed by atoms with Crippen LogP contribution in [-0.2, 0) is 9.47 Å². The van der Waals surface area contributed by atoms with Gasteiger partial charge in [-0.1, -0.05) is 0 Å². The van der Waals surface area contributed by atoms with Gasteiger partial charge in [-0.2, -0.15) is 0 Å². The molecule has 0 N–H and O–H groups in total. The van der Waals surface area contributed by atoms with Crippen LogP contribution < -0.4 is 0 Å². The second-order valence-corrected chi connectivity index (χ2v) is 7.13. The van der Waals surface area contributed by atoms with E-state index in [1.54, 1.807) is 0 Å². The number of ether oxygens (including phenoxy) is 2. The van der Waals surface area contributed by atoms with Crippen molar-refractivity contribution < 1.29 is 38.2 Å². The molecule has 0 fully saturated rings. The van der Waals surface area contributed by atoms with E-state index < -0.39 is 35.6 Å². The molecule has 2 aromatic carbocycles. The van der Waals surface area contributed by atoms with Gasteiger partial charge < -0.3 is 9.47 Å². The van der Waals surface area contributed by atoms with Crippen LogP contribution >= 0.6 is 0 Å². The van der Waals surface area contributed by atoms with Gasteiger partial charge in [-0.25, -0.2) is 9.59 Å². The van der Waals surface area contributed by atoms with Gasteiger partial charge in [0.25, 0.3) is 23.6 Å². The molecule has 2 aliphatic rings. The van der Waals surface area contributed by atoms with Crippen LogP contribution in [0.4, 0.5) is 0 Å². The third-order valence-electron chi connectivity index (χ3n) is 5.20. The normalized spacial score (nSPS) is 14.6. The minimum Gasteiger partial charge on any atom is -0.458 e. The molecule has 10 heteroatoms. The summed E-state index contributed by atoms with van der Waals surface area (Å²) in [5, 5.41) is 0. The van der Waals surface area contributed by atoms with Crippen molar-refractivity contribution in [3.63, 3.8) is 0 Å². The smallest absolute Gasteiger partial charge is 0.338 e. The number of hydrogen-bond donors (Lipinski definition) is 0. The second kappa shape index (κ2) is 7.73. The van der Waals surface area contributed by atoms with Crippen molar-refractivity contribution in [3.8, 4) is 0 Å². The first-order valence-electron chi connectivity index (χ1n) is 9.48. The minimum atomic E-state index is -0.747. The van der Waals surface area contributed by atoms with E-state index in [-0.39, 0.29) is 46.6 Å². The molecule has 162 valence electrons. The fourth-order valence-corrected chi connectivity index (χ4v) is 3.41. The van der Waals surface area contributed by atoms with Gasteiger partial charge in [-0.3, -0.25) is 29.0 Å². The lowest BCUT2D eigenvalue weighted by molar-refractivity contribution is 0.0265. The first kappa shape index (κ1) is 20.9. The lowest BCUT2D eigenvalue weighted by Gasteiger charge is -2.07. The van der Waals surface area contributed by atoms with Crippen LogP contribution in [-0.4, -0.2) is 72.7 Å². The Morgan fingerprint density at radius 1 is 0.625 bits per heavy atom. The number of benzene rings is 2. The molecule has 0 radical (unpaired) electrons. The molecular weight excluding hydrogens is 420 g/mol. The van der Waals surface area contributed by atoms with Crippen LogP contribution in [0.3, 0.4) is 0 Å². The van der Waals surface area contributed by atoms with Gasteiger partial charge in [0.05, 0.1) is 33.4 Å². The molecule has 0 bridgehead atoms. The van der Waals surface area contributed by atoms with Crippen molar-refractivity contribution >= 4 is 35.6 Å². The summed E-state index contributed by atoms with van der Waals surface area (Å²) < 4.78 is 10.1. The number of fused-ring (bicyclic) bond motifs is 2. The van der Waals surface area contributed by atoms with Crippen molar-refractivity contribution in [3.05, 3.63) is 69.8 Å². The second-order valence-electron chi connectivity index (χ2n) is 7.13. The SMILES string of the molecule is CN1C(=O)c2ccc(C(=O)OCCOC(=O)c3ccc4c(c3)C(=O)N(C)C4=O)cc2C1=O. The largest absolute Gasteiger partial charge is 0.458 e. The van der Waals surface area contributed by atoms with Crippen molar-refractivity contribution in [1.29, 1.82) is 0 Å². The van der Waals surface area contributed by atoms with E-state index in [4.69, 9.17) is 9.47 Å². The minimum absolute atomic E-state index is 0.0810. The molecular formula is C22H16N2O8. The predicted octanol–water partition coefficient (Wildman–Crippen LogP) is 1.15. The summed E-state index contributed by atoms with van der Waals surface area (Å²) in [6.45, 7) is -0.501. The summed E-state index contributed by atoms with van der Waals surface area (Å²) in [6, 6.07) is 8.08. The molecule has 4 rings (SSSR count). The molecule has 0 aliphatic carbocycles. The Hall–Kier alpha value is -4.34. The van der Waals surface area contributed by atoms with E-state index in [1.807, 2.05) is 0 Å². The van der Waals surface area contributed by atoms with Gasteiger partial charge in [0.2, 0.25) is 0 Å². The molecule has 2 heterocycles. The molecule has 2 aliphatic heterocycles. The van der Waals surface area contributed by atoms with Crippen LogP contribution in [0.5, 0.6) is 0 Å². The van der Waals surface area contributed by atoms with Crippen molar-refractivity contribution in [2.75, 3.05) is 27.3 Å². The molecule has 0 spiro atoms. The zero-order valence-electron chi connectivity index (χ0n) is 17.0. The molecule has 0 saturated heterocycles. The maximum Gasteiger partial charge on any atom is 0.338 e. The molecule has 2 aromatic rings. The summed E-state index contributed by atoms with van der Waals surface area (Å²) in [4.78, 5) is 74.2.